The second kappa shape index (κ2) is 6.28. The molecule has 8 heteroatoms. The van der Waals surface area contributed by atoms with Crippen LogP contribution in [0.1, 0.15) is 19.4 Å². The highest BCUT2D eigenvalue weighted by molar-refractivity contribution is 7.89. The Bertz CT molecular complexity index is 469. The number of sulfonamides is 1. The van der Waals surface area contributed by atoms with E-state index in [0.717, 1.165) is 0 Å². The summed E-state index contributed by atoms with van der Waals surface area (Å²) < 4.78 is 30.9. The summed E-state index contributed by atoms with van der Waals surface area (Å²) in [6.07, 6.45) is 1.50. The molecule has 3 N–H and O–H groups in total. The van der Waals surface area contributed by atoms with Crippen molar-refractivity contribution >= 4 is 10.0 Å². The van der Waals surface area contributed by atoms with Crippen LogP contribution < -0.4 is 5.73 Å². The van der Waals surface area contributed by atoms with E-state index in [1.807, 2.05) is 13.8 Å². The van der Waals surface area contributed by atoms with Crippen LogP contribution in [0, 0.1) is 0 Å². The van der Waals surface area contributed by atoms with Gasteiger partial charge in [-0.3, -0.25) is 5.10 Å². The van der Waals surface area contributed by atoms with Crippen molar-refractivity contribution in [2.24, 2.45) is 5.73 Å². The van der Waals surface area contributed by atoms with Gasteiger partial charge in [-0.25, -0.2) is 8.42 Å². The molecule has 1 aromatic rings. The zero-order valence-electron chi connectivity index (χ0n) is 10.9. The minimum Gasteiger partial charge on any atom is -0.377 e. The first kappa shape index (κ1) is 15.1. The first-order chi connectivity index (χ1) is 8.39. The van der Waals surface area contributed by atoms with E-state index in [1.165, 1.54) is 17.5 Å². The van der Waals surface area contributed by atoms with Gasteiger partial charge in [0.2, 0.25) is 0 Å². The van der Waals surface area contributed by atoms with Crippen LogP contribution in [-0.2, 0) is 21.3 Å². The molecule has 7 nitrogen and oxygen atoms in total. The van der Waals surface area contributed by atoms with Gasteiger partial charge in [0, 0.05) is 25.7 Å². The molecule has 0 unspecified atom stereocenters. The third kappa shape index (κ3) is 3.52. The molecular formula is C10H20N4O3S. The number of hydrogen-bond donors (Lipinski definition) is 2. The molecule has 0 aliphatic rings. The van der Waals surface area contributed by atoms with E-state index in [1.54, 1.807) is 0 Å². The fourth-order valence-electron chi connectivity index (χ4n) is 1.36. The van der Waals surface area contributed by atoms with Crippen LogP contribution in [0.15, 0.2) is 11.2 Å². The molecule has 0 amide bonds. The van der Waals surface area contributed by atoms with Gasteiger partial charge < -0.3 is 10.5 Å². The number of aromatic amines is 1. The molecule has 1 rings (SSSR count). The number of nitrogens with two attached hydrogens (primary N) is 1. The number of ether oxygens (including phenoxy) is 1. The zero-order valence-corrected chi connectivity index (χ0v) is 11.7. The Balaban J connectivity index is 2.74. The molecule has 0 bridgehead atoms. The molecule has 0 aliphatic heterocycles. The summed E-state index contributed by atoms with van der Waals surface area (Å²) in [5.41, 5.74) is 5.94. The van der Waals surface area contributed by atoms with E-state index in [9.17, 15) is 8.42 Å². The van der Waals surface area contributed by atoms with Crippen LogP contribution in [0.2, 0.25) is 0 Å². The Kier molecular flexibility index (Phi) is 5.27. The Hall–Kier alpha value is -0.960. The smallest absolute Gasteiger partial charge is 0.260 e. The summed E-state index contributed by atoms with van der Waals surface area (Å²) >= 11 is 0. The lowest BCUT2D eigenvalue weighted by Crippen LogP contribution is -2.31. The van der Waals surface area contributed by atoms with E-state index in [2.05, 4.69) is 10.2 Å². The summed E-state index contributed by atoms with van der Waals surface area (Å²) in [6, 6.07) is 0. The summed E-state index contributed by atoms with van der Waals surface area (Å²) in [6.45, 7) is 4.55. The monoisotopic (exact) mass is 276 g/mol. The van der Waals surface area contributed by atoms with Gasteiger partial charge in [-0.05, 0) is 13.8 Å². The van der Waals surface area contributed by atoms with Gasteiger partial charge in [-0.2, -0.15) is 9.40 Å². The van der Waals surface area contributed by atoms with Gasteiger partial charge >= 0.3 is 0 Å². The summed E-state index contributed by atoms with van der Waals surface area (Å²) in [7, 11) is -2.08. The molecule has 0 saturated carbocycles. The average Bonchev–Trinajstić information content (AvgIpc) is 2.76. The first-order valence-corrected chi connectivity index (χ1v) is 7.13. The fraction of sp³-hybridized carbons (Fsp3) is 0.700. The normalized spacial score (nSPS) is 12.6. The largest absolute Gasteiger partial charge is 0.377 e. The Morgan fingerprint density at radius 1 is 1.56 bits per heavy atom. The lowest BCUT2D eigenvalue weighted by Gasteiger charge is -2.17. The maximum absolute atomic E-state index is 12.2. The van der Waals surface area contributed by atoms with Crippen molar-refractivity contribution in [2.45, 2.75) is 31.5 Å². The van der Waals surface area contributed by atoms with E-state index in [0.29, 0.717) is 12.2 Å². The molecule has 0 saturated heterocycles. The number of nitrogens with one attached hydrogen (secondary N) is 1. The van der Waals surface area contributed by atoms with E-state index >= 15 is 0 Å². The predicted octanol–water partition coefficient (Wildman–Crippen LogP) is -0.0861. The minimum absolute atomic E-state index is 0.0528. The molecule has 0 atom stereocenters. The third-order valence-electron chi connectivity index (χ3n) is 2.42. The van der Waals surface area contributed by atoms with Crippen molar-refractivity contribution in [2.75, 3.05) is 20.2 Å². The van der Waals surface area contributed by atoms with Crippen molar-refractivity contribution in [1.82, 2.24) is 14.5 Å². The maximum atomic E-state index is 12.2. The molecule has 0 fully saturated rings. The average molecular weight is 276 g/mol. The lowest BCUT2D eigenvalue weighted by atomic mass is 10.4. The van der Waals surface area contributed by atoms with Gasteiger partial charge in [0.25, 0.3) is 10.0 Å². The van der Waals surface area contributed by atoms with Crippen molar-refractivity contribution in [1.29, 1.82) is 0 Å². The number of rotatable bonds is 7. The standard InChI is InChI=1S/C10H20N4O3S/c1-8(2)17-5-4-14(3)18(15,16)10-9(6-11)7-12-13-10/h7-8H,4-6,11H2,1-3H3,(H,12,13). The number of nitrogens with zero attached hydrogens (tertiary/aromatic N) is 2. The van der Waals surface area contributed by atoms with Crippen LogP contribution in [0.25, 0.3) is 0 Å². The summed E-state index contributed by atoms with van der Waals surface area (Å²) in [4.78, 5) is 0. The topological polar surface area (TPSA) is 101 Å². The zero-order chi connectivity index (χ0) is 13.8. The van der Waals surface area contributed by atoms with E-state index in [-0.39, 0.29) is 24.2 Å². The quantitative estimate of drug-likeness (QED) is 0.725. The van der Waals surface area contributed by atoms with Gasteiger partial charge in [-0.15, -0.1) is 0 Å². The number of H-pyrrole nitrogens is 1. The third-order valence-corrected chi connectivity index (χ3v) is 4.30. The van der Waals surface area contributed by atoms with Crippen LogP contribution >= 0.6 is 0 Å². The molecule has 0 spiro atoms. The highest BCUT2D eigenvalue weighted by Crippen LogP contribution is 2.15. The minimum atomic E-state index is -3.58. The highest BCUT2D eigenvalue weighted by atomic mass is 32.2. The Morgan fingerprint density at radius 3 is 2.78 bits per heavy atom. The van der Waals surface area contributed by atoms with Gasteiger partial charge in [-0.1, -0.05) is 0 Å². The second-order valence-electron chi connectivity index (χ2n) is 4.17. The number of aromatic nitrogens is 2. The Labute approximate surface area is 107 Å². The van der Waals surface area contributed by atoms with Crippen LogP contribution in [0.5, 0.6) is 0 Å². The predicted molar refractivity (Wildman–Crippen MR) is 67.4 cm³/mol. The van der Waals surface area contributed by atoms with Gasteiger partial charge in [0.05, 0.1) is 18.9 Å². The van der Waals surface area contributed by atoms with Crippen molar-refractivity contribution < 1.29 is 13.2 Å². The molecule has 0 aromatic carbocycles. The van der Waals surface area contributed by atoms with Crippen LogP contribution in [0.4, 0.5) is 0 Å². The van der Waals surface area contributed by atoms with E-state index in [4.69, 9.17) is 10.5 Å². The van der Waals surface area contributed by atoms with Crippen LogP contribution in [0.3, 0.4) is 0 Å². The van der Waals surface area contributed by atoms with Crippen molar-refractivity contribution in [3.8, 4) is 0 Å². The van der Waals surface area contributed by atoms with Gasteiger partial charge in [0.1, 0.15) is 0 Å². The highest BCUT2D eigenvalue weighted by Gasteiger charge is 2.25. The van der Waals surface area contributed by atoms with Crippen LogP contribution in [-0.4, -0.2) is 49.2 Å². The number of hydrogen-bond acceptors (Lipinski definition) is 5. The molecule has 0 radical (unpaired) electrons. The molecule has 0 aliphatic carbocycles. The van der Waals surface area contributed by atoms with Crippen molar-refractivity contribution in [3.63, 3.8) is 0 Å². The summed E-state index contributed by atoms with van der Waals surface area (Å²) in [5.74, 6) is 0. The molecule has 104 valence electrons. The molecule has 18 heavy (non-hydrogen) atoms. The lowest BCUT2D eigenvalue weighted by molar-refractivity contribution is 0.0737. The molecule has 1 aromatic heterocycles. The number of likely N-dealkylation sites (N-methyl/N-ethyl adjacent to an activating group) is 1. The summed E-state index contributed by atoms with van der Waals surface area (Å²) in [5, 5.41) is 6.24. The van der Waals surface area contributed by atoms with E-state index < -0.39 is 10.0 Å². The molecule has 1 heterocycles. The first-order valence-electron chi connectivity index (χ1n) is 5.69. The Morgan fingerprint density at radius 2 is 2.22 bits per heavy atom. The fourth-order valence-corrected chi connectivity index (χ4v) is 2.62. The van der Waals surface area contributed by atoms with Crippen molar-refractivity contribution in [3.05, 3.63) is 11.8 Å². The van der Waals surface area contributed by atoms with Gasteiger partial charge in [0.15, 0.2) is 5.03 Å². The second-order valence-corrected chi connectivity index (χ2v) is 6.16. The maximum Gasteiger partial charge on any atom is 0.260 e. The SMILES string of the molecule is CC(C)OCCN(C)S(=O)(=O)c1[nH]ncc1CN. The molecular weight excluding hydrogens is 256 g/mol.